The first-order valence-corrected chi connectivity index (χ1v) is 9.52. The maximum Gasteiger partial charge on any atom is 0.258 e. The molecule has 4 heteroatoms. The van der Waals surface area contributed by atoms with Gasteiger partial charge in [-0.2, -0.15) is 0 Å². The monoisotopic (exact) mass is 370 g/mol. The number of anilines is 1. The number of hydrogen-bond acceptors (Lipinski definition) is 3. The SMILES string of the molecule is Cc1nc(NC(=O)c2ccccc2-c2ccccc2)sc1-c1ccccc1. The average molecular weight is 370 g/mol. The molecule has 0 atom stereocenters. The summed E-state index contributed by atoms with van der Waals surface area (Å²) >= 11 is 1.49. The molecule has 132 valence electrons. The number of aromatic nitrogens is 1. The second kappa shape index (κ2) is 7.56. The van der Waals surface area contributed by atoms with Crippen LogP contribution >= 0.6 is 11.3 Å². The number of benzene rings is 3. The van der Waals surface area contributed by atoms with Gasteiger partial charge in [-0.25, -0.2) is 4.98 Å². The molecule has 1 heterocycles. The molecule has 4 aromatic rings. The van der Waals surface area contributed by atoms with Gasteiger partial charge in [0.05, 0.1) is 10.6 Å². The van der Waals surface area contributed by atoms with Crippen molar-refractivity contribution >= 4 is 22.4 Å². The summed E-state index contributed by atoms with van der Waals surface area (Å²) in [6, 6.07) is 27.7. The highest BCUT2D eigenvalue weighted by molar-refractivity contribution is 7.19. The molecule has 1 aromatic heterocycles. The summed E-state index contributed by atoms with van der Waals surface area (Å²) in [7, 11) is 0. The van der Waals surface area contributed by atoms with Crippen molar-refractivity contribution in [3.8, 4) is 21.6 Å². The fourth-order valence-electron chi connectivity index (χ4n) is 3.02. The van der Waals surface area contributed by atoms with E-state index in [1.807, 2.05) is 79.7 Å². The van der Waals surface area contributed by atoms with Crippen molar-refractivity contribution in [2.45, 2.75) is 6.92 Å². The summed E-state index contributed by atoms with van der Waals surface area (Å²) in [5.41, 5.74) is 4.59. The Morgan fingerprint density at radius 2 is 1.41 bits per heavy atom. The fraction of sp³-hybridized carbons (Fsp3) is 0.0435. The summed E-state index contributed by atoms with van der Waals surface area (Å²) in [6.07, 6.45) is 0. The Balaban J connectivity index is 1.63. The molecule has 1 amide bonds. The van der Waals surface area contributed by atoms with Crippen molar-refractivity contribution in [2.24, 2.45) is 0 Å². The van der Waals surface area contributed by atoms with Crippen LogP contribution in [0.15, 0.2) is 84.9 Å². The lowest BCUT2D eigenvalue weighted by Gasteiger charge is -2.09. The van der Waals surface area contributed by atoms with Gasteiger partial charge in [-0.1, -0.05) is 90.2 Å². The van der Waals surface area contributed by atoms with Crippen LogP contribution in [0.4, 0.5) is 5.13 Å². The van der Waals surface area contributed by atoms with Crippen molar-refractivity contribution < 1.29 is 4.79 Å². The largest absolute Gasteiger partial charge is 0.298 e. The quantitative estimate of drug-likeness (QED) is 0.476. The Labute approximate surface area is 162 Å². The molecule has 0 saturated heterocycles. The van der Waals surface area contributed by atoms with E-state index in [-0.39, 0.29) is 5.91 Å². The molecule has 0 spiro atoms. The smallest absolute Gasteiger partial charge is 0.258 e. The highest BCUT2D eigenvalue weighted by atomic mass is 32.1. The first-order chi connectivity index (χ1) is 13.2. The van der Waals surface area contributed by atoms with Gasteiger partial charge in [0.15, 0.2) is 5.13 Å². The lowest BCUT2D eigenvalue weighted by atomic mass is 9.99. The highest BCUT2D eigenvalue weighted by Gasteiger charge is 2.16. The molecule has 0 unspecified atom stereocenters. The fourth-order valence-corrected chi connectivity index (χ4v) is 3.99. The standard InChI is InChI=1S/C23H18N2OS/c1-16-21(18-12-6-3-7-13-18)27-23(24-16)25-22(26)20-15-9-8-14-19(20)17-10-4-2-5-11-17/h2-15H,1H3,(H,24,25,26). The van der Waals surface area contributed by atoms with Crippen LogP contribution in [-0.4, -0.2) is 10.9 Å². The number of rotatable bonds is 4. The van der Waals surface area contributed by atoms with E-state index in [0.29, 0.717) is 10.7 Å². The summed E-state index contributed by atoms with van der Waals surface area (Å²) in [5.74, 6) is -0.150. The van der Waals surface area contributed by atoms with Crippen LogP contribution in [0.2, 0.25) is 0 Å². The van der Waals surface area contributed by atoms with Gasteiger partial charge in [0, 0.05) is 5.56 Å². The van der Waals surface area contributed by atoms with Gasteiger partial charge < -0.3 is 0 Å². The number of hydrogen-bond donors (Lipinski definition) is 1. The number of carbonyl (C=O) groups excluding carboxylic acids is 1. The summed E-state index contributed by atoms with van der Waals surface area (Å²) in [4.78, 5) is 18.5. The minimum atomic E-state index is -0.150. The molecule has 1 N–H and O–H groups in total. The molecule has 3 aromatic carbocycles. The second-order valence-electron chi connectivity index (χ2n) is 6.17. The van der Waals surface area contributed by atoms with E-state index >= 15 is 0 Å². The molecule has 0 radical (unpaired) electrons. The molecular formula is C23H18N2OS. The van der Waals surface area contributed by atoms with Crippen molar-refractivity contribution in [1.82, 2.24) is 4.98 Å². The summed E-state index contributed by atoms with van der Waals surface area (Å²) in [6.45, 7) is 1.96. The van der Waals surface area contributed by atoms with Crippen molar-refractivity contribution in [1.29, 1.82) is 0 Å². The summed E-state index contributed by atoms with van der Waals surface area (Å²) < 4.78 is 0. The van der Waals surface area contributed by atoms with Crippen LogP contribution in [0.1, 0.15) is 16.1 Å². The number of aryl methyl sites for hydroxylation is 1. The van der Waals surface area contributed by atoms with E-state index in [2.05, 4.69) is 22.4 Å². The number of thiazole rings is 1. The summed E-state index contributed by atoms with van der Waals surface area (Å²) in [5, 5.41) is 3.58. The lowest BCUT2D eigenvalue weighted by Crippen LogP contribution is -2.12. The maximum atomic E-state index is 12.9. The Bertz CT molecular complexity index is 1070. The molecular weight excluding hydrogens is 352 g/mol. The van der Waals surface area contributed by atoms with Gasteiger partial charge in [0.2, 0.25) is 0 Å². The van der Waals surface area contributed by atoms with Gasteiger partial charge in [-0.15, -0.1) is 0 Å². The third kappa shape index (κ3) is 3.66. The Morgan fingerprint density at radius 3 is 2.11 bits per heavy atom. The molecule has 27 heavy (non-hydrogen) atoms. The zero-order chi connectivity index (χ0) is 18.6. The third-order valence-electron chi connectivity index (χ3n) is 4.31. The predicted octanol–water partition coefficient (Wildman–Crippen LogP) is 6.04. The normalized spacial score (nSPS) is 10.6. The Morgan fingerprint density at radius 1 is 0.815 bits per heavy atom. The first kappa shape index (κ1) is 17.2. The maximum absolute atomic E-state index is 12.9. The molecule has 0 saturated carbocycles. The van der Waals surface area contributed by atoms with Crippen LogP contribution in [0.25, 0.3) is 21.6 Å². The van der Waals surface area contributed by atoms with Gasteiger partial charge >= 0.3 is 0 Å². The van der Waals surface area contributed by atoms with E-state index in [4.69, 9.17) is 0 Å². The van der Waals surface area contributed by atoms with Crippen LogP contribution in [0, 0.1) is 6.92 Å². The minimum Gasteiger partial charge on any atom is -0.298 e. The van der Waals surface area contributed by atoms with E-state index in [9.17, 15) is 4.79 Å². The van der Waals surface area contributed by atoms with Crippen molar-refractivity contribution in [3.05, 3.63) is 96.2 Å². The van der Waals surface area contributed by atoms with Gasteiger partial charge in [0.1, 0.15) is 0 Å². The molecule has 4 rings (SSSR count). The van der Waals surface area contributed by atoms with Crippen LogP contribution in [0.3, 0.4) is 0 Å². The number of nitrogens with zero attached hydrogens (tertiary/aromatic N) is 1. The van der Waals surface area contributed by atoms with Crippen molar-refractivity contribution in [2.75, 3.05) is 5.32 Å². The Hall–Kier alpha value is -3.24. The zero-order valence-electron chi connectivity index (χ0n) is 14.8. The van der Waals surface area contributed by atoms with Crippen LogP contribution in [0.5, 0.6) is 0 Å². The zero-order valence-corrected chi connectivity index (χ0v) is 15.7. The second-order valence-corrected chi connectivity index (χ2v) is 7.16. The van der Waals surface area contributed by atoms with Crippen LogP contribution in [-0.2, 0) is 0 Å². The van der Waals surface area contributed by atoms with Gasteiger partial charge in [0.25, 0.3) is 5.91 Å². The predicted molar refractivity (Wildman–Crippen MR) is 112 cm³/mol. The first-order valence-electron chi connectivity index (χ1n) is 8.71. The van der Waals surface area contributed by atoms with Gasteiger partial charge in [-0.3, -0.25) is 10.1 Å². The number of carbonyl (C=O) groups is 1. The molecule has 0 bridgehead atoms. The molecule has 0 fully saturated rings. The molecule has 0 aliphatic heterocycles. The number of nitrogens with one attached hydrogen (secondary N) is 1. The number of amides is 1. The molecule has 0 aliphatic carbocycles. The topological polar surface area (TPSA) is 42.0 Å². The third-order valence-corrected chi connectivity index (χ3v) is 5.43. The van der Waals surface area contributed by atoms with Crippen LogP contribution < -0.4 is 5.32 Å². The Kier molecular flexibility index (Phi) is 4.81. The van der Waals surface area contributed by atoms with Crippen molar-refractivity contribution in [3.63, 3.8) is 0 Å². The molecule has 0 aliphatic rings. The average Bonchev–Trinajstić information content (AvgIpc) is 3.09. The van der Waals surface area contributed by atoms with E-state index in [1.54, 1.807) is 0 Å². The van der Waals surface area contributed by atoms with E-state index in [0.717, 1.165) is 27.3 Å². The lowest BCUT2D eigenvalue weighted by molar-refractivity contribution is 0.102. The van der Waals surface area contributed by atoms with Gasteiger partial charge in [-0.05, 0) is 29.7 Å². The molecule has 3 nitrogen and oxygen atoms in total. The van der Waals surface area contributed by atoms with E-state index in [1.165, 1.54) is 11.3 Å². The minimum absolute atomic E-state index is 0.150. The highest BCUT2D eigenvalue weighted by Crippen LogP contribution is 2.33. The van der Waals surface area contributed by atoms with E-state index < -0.39 is 0 Å².